The number of anilines is 1. The van der Waals surface area contributed by atoms with Crippen molar-refractivity contribution in [2.45, 2.75) is 26.4 Å². The second kappa shape index (κ2) is 10.6. The van der Waals surface area contributed by atoms with Crippen molar-refractivity contribution in [1.29, 1.82) is 0 Å². The molecule has 0 aromatic heterocycles. The van der Waals surface area contributed by atoms with Crippen LogP contribution >= 0.6 is 24.0 Å². The Balaban J connectivity index is 0.00000364. The summed E-state index contributed by atoms with van der Waals surface area (Å²) in [6.07, 6.45) is 0. The highest BCUT2D eigenvalue weighted by Crippen LogP contribution is 2.20. The molecule has 1 saturated heterocycles. The standard InChI is InChI=1S/C19H30N4O3.HI/c1-19(2,3)26-17(24)14-21-18(20-4)23-12-10-22(11-13-23)15-6-8-16(25-5)9-7-15;/h6-9H,10-14H2,1-5H3,(H,20,21);1H. The maximum Gasteiger partial charge on any atom is 0.325 e. The van der Waals surface area contributed by atoms with E-state index in [2.05, 4.69) is 32.2 Å². The van der Waals surface area contributed by atoms with Crippen molar-refractivity contribution in [2.24, 2.45) is 4.99 Å². The summed E-state index contributed by atoms with van der Waals surface area (Å²) in [6.45, 7) is 9.13. The van der Waals surface area contributed by atoms with Gasteiger partial charge in [0.25, 0.3) is 0 Å². The van der Waals surface area contributed by atoms with E-state index in [9.17, 15) is 4.79 Å². The van der Waals surface area contributed by atoms with Gasteiger partial charge in [0, 0.05) is 38.9 Å². The summed E-state index contributed by atoms with van der Waals surface area (Å²) in [6, 6.07) is 8.10. The SMILES string of the molecule is CN=C(NCC(=O)OC(C)(C)C)N1CCN(c2ccc(OC)cc2)CC1.I. The van der Waals surface area contributed by atoms with Gasteiger partial charge in [-0.15, -0.1) is 24.0 Å². The molecule has 0 amide bonds. The first kappa shape index (κ1) is 23.3. The van der Waals surface area contributed by atoms with Gasteiger partial charge in [0.15, 0.2) is 5.96 Å². The highest BCUT2D eigenvalue weighted by atomic mass is 127. The van der Waals surface area contributed by atoms with E-state index >= 15 is 0 Å². The van der Waals surface area contributed by atoms with Gasteiger partial charge < -0.3 is 24.6 Å². The minimum atomic E-state index is -0.480. The fraction of sp³-hybridized carbons (Fsp3) is 0.579. The Morgan fingerprint density at radius 1 is 1.15 bits per heavy atom. The van der Waals surface area contributed by atoms with E-state index in [0.29, 0.717) is 0 Å². The lowest BCUT2D eigenvalue weighted by molar-refractivity contribution is -0.153. The third kappa shape index (κ3) is 7.43. The molecular formula is C19H31IN4O3. The lowest BCUT2D eigenvalue weighted by atomic mass is 10.2. The molecular weight excluding hydrogens is 459 g/mol. The molecule has 7 nitrogen and oxygen atoms in total. The van der Waals surface area contributed by atoms with Crippen LogP contribution in [0.15, 0.2) is 29.3 Å². The lowest BCUT2D eigenvalue weighted by Gasteiger charge is -2.37. The number of hydrogen-bond acceptors (Lipinski definition) is 5. The molecule has 0 aliphatic carbocycles. The quantitative estimate of drug-likeness (QED) is 0.303. The Hall–Kier alpha value is -1.71. The van der Waals surface area contributed by atoms with Gasteiger partial charge in [-0.2, -0.15) is 0 Å². The molecule has 1 heterocycles. The van der Waals surface area contributed by atoms with Crippen LogP contribution in [0.5, 0.6) is 5.75 Å². The van der Waals surface area contributed by atoms with Crippen LogP contribution in [0.4, 0.5) is 5.69 Å². The molecule has 1 aliphatic rings. The van der Waals surface area contributed by atoms with Gasteiger partial charge in [0.2, 0.25) is 0 Å². The molecule has 27 heavy (non-hydrogen) atoms. The molecule has 0 radical (unpaired) electrons. The van der Waals surface area contributed by atoms with Gasteiger partial charge in [-0.25, -0.2) is 0 Å². The van der Waals surface area contributed by atoms with Crippen LogP contribution in [-0.4, -0.2) is 69.3 Å². The van der Waals surface area contributed by atoms with Crippen molar-refractivity contribution in [1.82, 2.24) is 10.2 Å². The van der Waals surface area contributed by atoms with Crippen molar-refractivity contribution < 1.29 is 14.3 Å². The molecule has 0 spiro atoms. The molecule has 1 aromatic carbocycles. The Morgan fingerprint density at radius 2 is 1.74 bits per heavy atom. The van der Waals surface area contributed by atoms with Gasteiger partial charge in [-0.1, -0.05) is 0 Å². The minimum absolute atomic E-state index is 0. The topological polar surface area (TPSA) is 66.4 Å². The van der Waals surface area contributed by atoms with E-state index in [1.54, 1.807) is 14.2 Å². The number of piperazine rings is 1. The van der Waals surface area contributed by atoms with E-state index in [1.807, 2.05) is 32.9 Å². The highest BCUT2D eigenvalue weighted by molar-refractivity contribution is 14.0. The summed E-state index contributed by atoms with van der Waals surface area (Å²) in [4.78, 5) is 20.7. The average molecular weight is 490 g/mol. The molecule has 0 bridgehead atoms. The smallest absolute Gasteiger partial charge is 0.325 e. The summed E-state index contributed by atoms with van der Waals surface area (Å²) in [5.41, 5.74) is 0.703. The number of methoxy groups -OCH3 is 1. The molecule has 0 atom stereocenters. The molecule has 0 unspecified atom stereocenters. The van der Waals surface area contributed by atoms with Gasteiger partial charge in [-0.3, -0.25) is 9.79 Å². The summed E-state index contributed by atoms with van der Waals surface area (Å²) in [7, 11) is 3.40. The zero-order chi connectivity index (χ0) is 19.2. The van der Waals surface area contributed by atoms with Gasteiger partial charge >= 0.3 is 5.97 Å². The Bertz CT molecular complexity index is 621. The van der Waals surface area contributed by atoms with Gasteiger partial charge in [0.1, 0.15) is 17.9 Å². The van der Waals surface area contributed by atoms with Crippen LogP contribution in [0.3, 0.4) is 0 Å². The third-order valence-corrected chi connectivity index (χ3v) is 4.04. The van der Waals surface area contributed by atoms with Crippen molar-refractivity contribution in [3.8, 4) is 5.75 Å². The second-order valence-corrected chi connectivity index (χ2v) is 7.16. The summed E-state index contributed by atoms with van der Waals surface area (Å²) in [5.74, 6) is 1.31. The summed E-state index contributed by atoms with van der Waals surface area (Å²) < 4.78 is 10.5. The highest BCUT2D eigenvalue weighted by Gasteiger charge is 2.21. The van der Waals surface area contributed by atoms with Gasteiger partial charge in [-0.05, 0) is 45.0 Å². The largest absolute Gasteiger partial charge is 0.497 e. The molecule has 1 fully saturated rings. The van der Waals surface area contributed by atoms with Crippen molar-refractivity contribution in [2.75, 3.05) is 51.8 Å². The fourth-order valence-corrected chi connectivity index (χ4v) is 2.83. The fourth-order valence-electron chi connectivity index (χ4n) is 2.83. The molecule has 0 saturated carbocycles. The summed E-state index contributed by atoms with van der Waals surface area (Å²) in [5, 5.41) is 3.10. The van der Waals surface area contributed by atoms with E-state index in [1.165, 1.54) is 5.69 Å². The first-order chi connectivity index (χ1) is 12.3. The van der Waals surface area contributed by atoms with Crippen LogP contribution < -0.4 is 15.0 Å². The molecule has 152 valence electrons. The van der Waals surface area contributed by atoms with Crippen LogP contribution in [0, 0.1) is 0 Å². The van der Waals surface area contributed by atoms with Crippen LogP contribution in [0.25, 0.3) is 0 Å². The van der Waals surface area contributed by atoms with Crippen molar-refractivity contribution in [3.05, 3.63) is 24.3 Å². The van der Waals surface area contributed by atoms with Crippen molar-refractivity contribution >= 4 is 41.6 Å². The number of esters is 1. The number of halogens is 1. The van der Waals surface area contributed by atoms with Gasteiger partial charge in [0.05, 0.1) is 7.11 Å². The Morgan fingerprint density at radius 3 is 2.22 bits per heavy atom. The number of guanidine groups is 1. The zero-order valence-corrected chi connectivity index (χ0v) is 19.1. The molecule has 8 heteroatoms. The van der Waals surface area contributed by atoms with E-state index in [-0.39, 0.29) is 36.5 Å². The lowest BCUT2D eigenvalue weighted by Crippen LogP contribution is -2.53. The Labute approximate surface area is 179 Å². The molecule has 1 aliphatic heterocycles. The number of ether oxygens (including phenoxy) is 2. The molecule has 1 aromatic rings. The molecule has 2 rings (SSSR count). The monoisotopic (exact) mass is 490 g/mol. The minimum Gasteiger partial charge on any atom is -0.497 e. The number of aliphatic imine (C=N–C) groups is 1. The van der Waals surface area contributed by atoms with E-state index in [4.69, 9.17) is 9.47 Å². The van der Waals surface area contributed by atoms with Crippen molar-refractivity contribution in [3.63, 3.8) is 0 Å². The number of nitrogens with zero attached hydrogens (tertiary/aromatic N) is 3. The number of rotatable bonds is 4. The average Bonchev–Trinajstić information content (AvgIpc) is 2.61. The number of benzene rings is 1. The maximum absolute atomic E-state index is 11.9. The first-order valence-corrected chi connectivity index (χ1v) is 8.89. The Kier molecular flexibility index (Phi) is 9.14. The normalized spacial score (nSPS) is 15.1. The first-order valence-electron chi connectivity index (χ1n) is 8.89. The van der Waals surface area contributed by atoms with Crippen LogP contribution in [-0.2, 0) is 9.53 Å². The molecule has 1 N–H and O–H groups in total. The predicted molar refractivity (Wildman–Crippen MR) is 119 cm³/mol. The second-order valence-electron chi connectivity index (χ2n) is 7.16. The number of carbonyl (C=O) groups is 1. The van der Waals surface area contributed by atoms with E-state index in [0.717, 1.165) is 37.9 Å². The number of nitrogens with one attached hydrogen (secondary N) is 1. The zero-order valence-electron chi connectivity index (χ0n) is 16.8. The van der Waals surface area contributed by atoms with Crippen LogP contribution in [0.1, 0.15) is 20.8 Å². The summed E-state index contributed by atoms with van der Waals surface area (Å²) >= 11 is 0. The number of hydrogen-bond donors (Lipinski definition) is 1. The third-order valence-electron chi connectivity index (χ3n) is 4.04. The number of carbonyl (C=O) groups excluding carboxylic acids is 1. The predicted octanol–water partition coefficient (Wildman–Crippen LogP) is 2.35. The maximum atomic E-state index is 11.9. The van der Waals surface area contributed by atoms with E-state index < -0.39 is 5.60 Å². The van der Waals surface area contributed by atoms with Crippen LogP contribution in [0.2, 0.25) is 0 Å².